The molecule has 1 saturated heterocycles. The molecule has 1 aromatic carbocycles. The summed E-state index contributed by atoms with van der Waals surface area (Å²) in [4.78, 5) is 65.7. The number of fused-ring (bicyclic) bond motifs is 1. The number of nitrogens with zero attached hydrogens (tertiary/aromatic N) is 2. The second-order valence-corrected chi connectivity index (χ2v) is 16.0. The SMILES string of the molecule is C=CC1C[C@]1(NC(=O)C1CCCN1C(=O)C(NC(=O)OC(C)(C)C)C(C)(C)C)C(=O)NSC1CC1.CC.O=C(O)N1Cc2cccc(F)c2C1. The van der Waals surface area contributed by atoms with Crippen LogP contribution in [0, 0.1) is 17.2 Å². The molecule has 14 heteroatoms. The van der Waals surface area contributed by atoms with Crippen LogP contribution in [0.15, 0.2) is 30.9 Å². The number of rotatable bonds is 8. The Bertz CT molecular complexity index is 1440. The number of hydrogen-bond donors (Lipinski definition) is 4. The van der Waals surface area contributed by atoms with E-state index in [2.05, 4.69) is 21.9 Å². The van der Waals surface area contributed by atoms with Gasteiger partial charge < -0.3 is 25.4 Å². The first-order chi connectivity index (χ1) is 23.4. The largest absolute Gasteiger partial charge is 0.465 e. The summed E-state index contributed by atoms with van der Waals surface area (Å²) < 4.78 is 21.4. The fraction of sp³-hybridized carbons (Fsp3) is 0.639. The van der Waals surface area contributed by atoms with Crippen molar-refractivity contribution in [1.29, 1.82) is 0 Å². The minimum absolute atomic E-state index is 0.145. The topological polar surface area (TPSA) is 157 Å². The molecule has 1 aromatic rings. The number of nitrogens with one attached hydrogen (secondary N) is 3. The van der Waals surface area contributed by atoms with Gasteiger partial charge >= 0.3 is 12.2 Å². The third-order valence-electron chi connectivity index (χ3n) is 8.70. The molecule has 3 unspecified atom stereocenters. The highest BCUT2D eigenvalue weighted by atomic mass is 32.2. The van der Waals surface area contributed by atoms with Crippen molar-refractivity contribution in [3.8, 4) is 0 Å². The highest BCUT2D eigenvalue weighted by Gasteiger charge is 2.60. The summed E-state index contributed by atoms with van der Waals surface area (Å²) in [5.74, 6) is -1.37. The summed E-state index contributed by atoms with van der Waals surface area (Å²) in [6.07, 6.45) is 3.83. The first kappa shape index (κ1) is 40.6. The van der Waals surface area contributed by atoms with Crippen molar-refractivity contribution in [1.82, 2.24) is 25.2 Å². The number of halogens is 1. The standard InChI is InChI=1S/C25H40N4O5S.C9H8FNO2.C2H6/c1-8-15-14-25(15,21(32)28-35-16-11-12-16)27-19(30)17-10-9-13-29(17)20(31)18(23(2,3)4)26-22(33)34-24(5,6)7;10-8-3-1-2-6-4-11(9(12)13)5-7(6)8;1-2/h8,15-18H,1,9-14H2,2-7H3,(H,26,33)(H,27,30)(H,28,32);1-3H,4-5H2,(H,12,13);1-2H3/t15?,17?,18?,25-;;/m1../s1. The Labute approximate surface area is 299 Å². The van der Waals surface area contributed by atoms with Crippen molar-refractivity contribution in [2.24, 2.45) is 11.3 Å². The van der Waals surface area contributed by atoms with Crippen LogP contribution in [0.4, 0.5) is 14.0 Å². The highest BCUT2D eigenvalue weighted by molar-refractivity contribution is 7.98. The van der Waals surface area contributed by atoms with Crippen LogP contribution in [-0.2, 0) is 32.2 Å². The predicted octanol–water partition coefficient (Wildman–Crippen LogP) is 5.75. The summed E-state index contributed by atoms with van der Waals surface area (Å²) in [6.45, 7) is 19.5. The monoisotopic (exact) mass is 719 g/mol. The van der Waals surface area contributed by atoms with Gasteiger partial charge in [0.25, 0.3) is 5.91 Å². The molecule has 0 radical (unpaired) electrons. The van der Waals surface area contributed by atoms with Crippen LogP contribution >= 0.6 is 11.9 Å². The van der Waals surface area contributed by atoms with E-state index in [1.807, 2.05) is 34.6 Å². The molecule has 2 aliphatic heterocycles. The van der Waals surface area contributed by atoms with Crippen LogP contribution in [0.1, 0.15) is 98.6 Å². The minimum atomic E-state index is -1.02. The van der Waals surface area contributed by atoms with Crippen molar-refractivity contribution >= 4 is 41.9 Å². The summed E-state index contributed by atoms with van der Waals surface area (Å²) in [5.41, 5.74) is -1.06. The summed E-state index contributed by atoms with van der Waals surface area (Å²) in [6, 6.07) is 3.12. The molecule has 12 nitrogen and oxygen atoms in total. The number of alkyl carbamates (subject to hydrolysis) is 1. The van der Waals surface area contributed by atoms with E-state index in [9.17, 15) is 28.4 Å². The second kappa shape index (κ2) is 16.5. The Morgan fingerprint density at radius 1 is 1.08 bits per heavy atom. The maximum atomic E-state index is 13.6. The number of hydrogen-bond acceptors (Lipinski definition) is 7. The van der Waals surface area contributed by atoms with Gasteiger partial charge in [0.2, 0.25) is 11.8 Å². The molecule has 4 N–H and O–H groups in total. The highest BCUT2D eigenvalue weighted by Crippen LogP contribution is 2.46. The van der Waals surface area contributed by atoms with Crippen molar-refractivity contribution < 1.29 is 38.2 Å². The second-order valence-electron chi connectivity index (χ2n) is 14.9. The molecule has 5 rings (SSSR count). The Morgan fingerprint density at radius 2 is 1.74 bits per heavy atom. The van der Waals surface area contributed by atoms with Crippen LogP contribution in [0.5, 0.6) is 0 Å². The fourth-order valence-corrected chi connectivity index (χ4v) is 6.64. The Balaban J connectivity index is 0.000000373. The van der Waals surface area contributed by atoms with Crippen LogP contribution in [0.3, 0.4) is 0 Å². The minimum Gasteiger partial charge on any atom is -0.465 e. The molecule has 0 aromatic heterocycles. The Morgan fingerprint density at radius 3 is 2.26 bits per heavy atom. The number of amides is 5. The van der Waals surface area contributed by atoms with Crippen LogP contribution in [0.25, 0.3) is 0 Å². The van der Waals surface area contributed by atoms with Crippen LogP contribution < -0.4 is 15.4 Å². The molecule has 0 spiro atoms. The van der Waals surface area contributed by atoms with Gasteiger partial charge in [-0.15, -0.1) is 6.58 Å². The van der Waals surface area contributed by atoms with Gasteiger partial charge in [-0.1, -0.05) is 52.8 Å². The molecule has 50 heavy (non-hydrogen) atoms. The van der Waals surface area contributed by atoms with E-state index in [4.69, 9.17) is 9.84 Å². The summed E-state index contributed by atoms with van der Waals surface area (Å²) >= 11 is 1.41. The van der Waals surface area contributed by atoms with Crippen molar-refractivity contribution in [3.05, 3.63) is 47.8 Å². The maximum absolute atomic E-state index is 13.6. The van der Waals surface area contributed by atoms with E-state index < -0.39 is 40.8 Å². The Hall–Kier alpha value is -3.81. The van der Waals surface area contributed by atoms with Gasteiger partial charge in [0.15, 0.2) is 0 Å². The zero-order valence-electron chi connectivity index (χ0n) is 30.6. The van der Waals surface area contributed by atoms with Crippen molar-refractivity contribution in [2.75, 3.05) is 6.54 Å². The van der Waals surface area contributed by atoms with Crippen molar-refractivity contribution in [2.45, 2.75) is 129 Å². The lowest BCUT2D eigenvalue weighted by molar-refractivity contribution is -0.142. The van der Waals surface area contributed by atoms with Gasteiger partial charge in [-0.3, -0.25) is 24.0 Å². The van der Waals surface area contributed by atoms with Gasteiger partial charge in [-0.25, -0.2) is 14.0 Å². The molecule has 5 amide bonds. The molecule has 278 valence electrons. The summed E-state index contributed by atoms with van der Waals surface area (Å²) in [7, 11) is 0. The maximum Gasteiger partial charge on any atom is 0.408 e. The zero-order chi connectivity index (χ0) is 37.6. The third-order valence-corrected chi connectivity index (χ3v) is 9.81. The van der Waals surface area contributed by atoms with Gasteiger partial charge in [0.05, 0.1) is 6.54 Å². The number of carbonyl (C=O) groups is 5. The number of carbonyl (C=O) groups excluding carboxylic acids is 4. The van der Waals surface area contributed by atoms with Gasteiger partial charge in [-0.05, 0) is 81.9 Å². The molecule has 2 saturated carbocycles. The lowest BCUT2D eigenvalue weighted by Crippen LogP contribution is -2.59. The normalized spacial score (nSPS) is 22.7. The average molecular weight is 720 g/mol. The number of likely N-dealkylation sites (tertiary alicyclic amines) is 1. The number of benzene rings is 1. The van der Waals surface area contributed by atoms with Gasteiger partial charge in [0, 0.05) is 29.8 Å². The van der Waals surface area contributed by atoms with E-state index >= 15 is 0 Å². The van der Waals surface area contributed by atoms with E-state index in [1.54, 1.807) is 39.0 Å². The smallest absolute Gasteiger partial charge is 0.408 e. The Kier molecular flexibility index (Phi) is 13.4. The molecule has 2 heterocycles. The average Bonchev–Trinajstić information content (AvgIpc) is 3.88. The predicted molar refractivity (Wildman–Crippen MR) is 190 cm³/mol. The van der Waals surface area contributed by atoms with Gasteiger partial charge in [0.1, 0.15) is 29.0 Å². The van der Waals surface area contributed by atoms with Crippen LogP contribution in [-0.4, -0.2) is 79.8 Å². The van der Waals surface area contributed by atoms with Gasteiger partial charge in [-0.2, -0.15) is 0 Å². The third kappa shape index (κ3) is 10.4. The van der Waals surface area contributed by atoms with E-state index in [-0.39, 0.29) is 36.0 Å². The molecule has 4 atom stereocenters. The molecular formula is C36H54FN5O7S. The molecule has 0 bridgehead atoms. The number of ether oxygens (including phenoxy) is 1. The van der Waals surface area contributed by atoms with E-state index in [0.717, 1.165) is 18.4 Å². The lowest BCUT2D eigenvalue weighted by Gasteiger charge is -2.36. The van der Waals surface area contributed by atoms with Crippen molar-refractivity contribution in [3.63, 3.8) is 0 Å². The first-order valence-corrected chi connectivity index (χ1v) is 18.2. The summed E-state index contributed by atoms with van der Waals surface area (Å²) in [5, 5.41) is 14.8. The number of carboxylic acid groups (broad SMARTS) is 1. The van der Waals surface area contributed by atoms with E-state index in [0.29, 0.717) is 43.2 Å². The first-order valence-electron chi connectivity index (χ1n) is 17.3. The molecule has 4 aliphatic rings. The molecule has 2 aliphatic carbocycles. The quantitative estimate of drug-likeness (QED) is 0.196. The zero-order valence-corrected chi connectivity index (χ0v) is 31.4. The fourth-order valence-electron chi connectivity index (χ4n) is 5.81. The van der Waals surface area contributed by atoms with E-state index in [1.165, 1.54) is 27.8 Å². The molecular weight excluding hydrogens is 665 g/mol. The molecule has 3 fully saturated rings. The van der Waals surface area contributed by atoms with Crippen LogP contribution in [0.2, 0.25) is 0 Å². The lowest BCUT2D eigenvalue weighted by atomic mass is 9.85.